The zero-order valence-electron chi connectivity index (χ0n) is 7.91. The van der Waals surface area contributed by atoms with Gasteiger partial charge in [0.05, 0.1) is 18.9 Å². The summed E-state index contributed by atoms with van der Waals surface area (Å²) >= 11 is 9.91. The smallest absolute Gasteiger partial charge is 0.691 e. The van der Waals surface area contributed by atoms with E-state index in [9.17, 15) is 0 Å². The van der Waals surface area contributed by atoms with Gasteiger partial charge in [0.2, 0.25) is 0 Å². The molecule has 0 bridgehead atoms. The van der Waals surface area contributed by atoms with Gasteiger partial charge in [-0.15, -0.1) is 0 Å². The van der Waals surface area contributed by atoms with Crippen molar-refractivity contribution in [3.8, 4) is 0 Å². The Morgan fingerprint density at radius 2 is 1.50 bits per heavy atom. The van der Waals surface area contributed by atoms with Gasteiger partial charge in [0, 0.05) is 0 Å². The molecule has 0 spiro atoms. The fourth-order valence-electron chi connectivity index (χ4n) is 0.443. The van der Waals surface area contributed by atoms with E-state index in [1.807, 2.05) is 13.8 Å². The quantitative estimate of drug-likeness (QED) is 0.364. The van der Waals surface area contributed by atoms with E-state index in [-0.39, 0.29) is 51.4 Å². The summed E-state index contributed by atoms with van der Waals surface area (Å²) in [5, 5.41) is 0. The Labute approximate surface area is 128 Å². The molecule has 0 saturated carbocycles. The van der Waals surface area contributed by atoms with Crippen LogP contribution in [0.25, 0.3) is 0 Å². The molecule has 0 unspecified atom stereocenters. The van der Waals surface area contributed by atoms with Crippen LogP contribution < -0.4 is 51.4 Å². The van der Waals surface area contributed by atoms with Crippen LogP contribution in [0.2, 0.25) is 0 Å². The first kappa shape index (κ1) is 17.0. The summed E-state index contributed by atoms with van der Waals surface area (Å²) in [6.45, 7) is 5.27. The van der Waals surface area contributed by atoms with Gasteiger partial charge in [-0.3, -0.25) is 0 Å². The minimum atomic E-state index is -2.31. The molecule has 0 aromatic carbocycles. The molecule has 0 rings (SSSR count). The van der Waals surface area contributed by atoms with Crippen LogP contribution in [0.5, 0.6) is 0 Å². The van der Waals surface area contributed by atoms with Gasteiger partial charge < -0.3 is 21.3 Å². The van der Waals surface area contributed by atoms with Gasteiger partial charge in [-0.05, 0) is 12.8 Å². The molecule has 12 heavy (non-hydrogen) atoms. The number of hydrogen-bond donors (Lipinski definition) is 0. The van der Waals surface area contributed by atoms with Crippen LogP contribution in [0.3, 0.4) is 0 Å². The van der Waals surface area contributed by atoms with E-state index in [2.05, 4.69) is 0 Å². The maximum Gasteiger partial charge on any atom is 1.00 e. The van der Waals surface area contributed by atoms with Crippen LogP contribution in [0.1, 0.15) is 26.7 Å². The van der Waals surface area contributed by atoms with Crippen molar-refractivity contribution < 1.29 is 60.4 Å². The van der Waals surface area contributed by atoms with Crippen LogP contribution in [-0.4, -0.2) is 13.2 Å². The normalized spacial score (nSPS) is 10.9. The zero-order valence-corrected chi connectivity index (χ0v) is 13.6. The van der Waals surface area contributed by atoms with E-state index in [1.54, 1.807) is 0 Å². The molecule has 0 radical (unpaired) electrons. The molecule has 0 aromatic heterocycles. The van der Waals surface area contributed by atoms with Crippen molar-refractivity contribution in [3.63, 3.8) is 0 Å². The fraction of sp³-hybridized carbons (Fsp3) is 1.00. The van der Waals surface area contributed by atoms with Gasteiger partial charge >= 0.3 is 51.4 Å². The van der Waals surface area contributed by atoms with Crippen LogP contribution in [0.4, 0.5) is 0 Å². The molecule has 0 heterocycles. The summed E-state index contributed by atoms with van der Waals surface area (Å²) in [4.78, 5) is 0. The van der Waals surface area contributed by atoms with Crippen LogP contribution in [0.15, 0.2) is 0 Å². The third kappa shape index (κ3) is 10.6. The van der Waals surface area contributed by atoms with Crippen molar-refractivity contribution >= 4 is 29.7 Å². The Bertz CT molecular complexity index is 134. The Kier molecular flexibility index (Phi) is 14.3. The molecule has 0 N–H and O–H groups in total. The standard InChI is InChI=1S/C6H15O2PS2.K/c1-3-5-7-9(10,11)8-6-4-2;/h3-6H2,1-2H3,(H,10,11);/q;+1/p-1. The monoisotopic (exact) mass is 252 g/mol. The average Bonchev–Trinajstić information content (AvgIpc) is 1.97. The molecule has 0 amide bonds. The molecule has 0 aliphatic carbocycles. The topological polar surface area (TPSA) is 18.5 Å². The molecular weight excluding hydrogens is 238 g/mol. The van der Waals surface area contributed by atoms with E-state index in [0.717, 1.165) is 12.8 Å². The third-order valence-corrected chi connectivity index (χ3v) is 3.17. The van der Waals surface area contributed by atoms with Crippen molar-refractivity contribution in [2.45, 2.75) is 26.7 Å². The molecule has 0 aromatic rings. The van der Waals surface area contributed by atoms with Gasteiger partial charge in [0.1, 0.15) is 0 Å². The average molecular weight is 252 g/mol. The van der Waals surface area contributed by atoms with Gasteiger partial charge in [0.15, 0.2) is 0 Å². The van der Waals surface area contributed by atoms with Crippen molar-refractivity contribution in [2.24, 2.45) is 0 Å². The van der Waals surface area contributed by atoms with Crippen molar-refractivity contribution in [3.05, 3.63) is 0 Å². The van der Waals surface area contributed by atoms with Gasteiger partial charge in [-0.25, -0.2) is 0 Å². The van der Waals surface area contributed by atoms with E-state index in [0.29, 0.717) is 13.2 Å². The molecule has 68 valence electrons. The molecule has 6 heteroatoms. The van der Waals surface area contributed by atoms with E-state index in [4.69, 9.17) is 33.1 Å². The van der Waals surface area contributed by atoms with Crippen LogP contribution in [0, 0.1) is 0 Å². The predicted molar refractivity (Wildman–Crippen MR) is 54.1 cm³/mol. The molecular formula is C6H14KO2PS2. The Morgan fingerprint density at radius 1 is 1.17 bits per heavy atom. The summed E-state index contributed by atoms with van der Waals surface area (Å²) in [6.07, 6.45) is 1.87. The summed E-state index contributed by atoms with van der Waals surface area (Å²) in [5.41, 5.74) is -2.31. The van der Waals surface area contributed by atoms with E-state index >= 15 is 0 Å². The van der Waals surface area contributed by atoms with Crippen molar-refractivity contribution in [2.75, 3.05) is 13.2 Å². The second-order valence-corrected chi connectivity index (χ2v) is 7.10. The summed E-state index contributed by atoms with van der Waals surface area (Å²) in [7, 11) is 0. The van der Waals surface area contributed by atoms with Crippen molar-refractivity contribution in [1.82, 2.24) is 0 Å². The Balaban J connectivity index is 0. The molecule has 0 saturated heterocycles. The Morgan fingerprint density at radius 3 is 1.75 bits per heavy atom. The summed E-state index contributed by atoms with van der Waals surface area (Å²) in [5.74, 6) is 0. The van der Waals surface area contributed by atoms with E-state index < -0.39 is 5.69 Å². The fourth-order valence-corrected chi connectivity index (χ4v) is 2.22. The third-order valence-electron chi connectivity index (χ3n) is 0.907. The number of rotatable bonds is 6. The minimum absolute atomic E-state index is 0. The summed E-state index contributed by atoms with van der Waals surface area (Å²) in [6, 6.07) is 0. The second kappa shape index (κ2) is 10.1. The Hall–Kier alpha value is 2.56. The molecule has 0 aliphatic rings. The first-order valence-corrected chi connectivity index (χ1v) is 7.37. The maximum absolute atomic E-state index is 5.20. The van der Waals surface area contributed by atoms with Crippen LogP contribution in [-0.2, 0) is 33.1 Å². The maximum atomic E-state index is 5.20. The van der Waals surface area contributed by atoms with Gasteiger partial charge in [0.25, 0.3) is 0 Å². The second-order valence-electron chi connectivity index (χ2n) is 2.11. The molecule has 2 nitrogen and oxygen atoms in total. The van der Waals surface area contributed by atoms with Gasteiger partial charge in [-0.1, -0.05) is 25.7 Å². The first-order valence-electron chi connectivity index (χ1n) is 3.72. The van der Waals surface area contributed by atoms with Crippen molar-refractivity contribution in [1.29, 1.82) is 0 Å². The van der Waals surface area contributed by atoms with E-state index in [1.165, 1.54) is 0 Å². The predicted octanol–water partition coefficient (Wildman–Crippen LogP) is -0.385. The SMILES string of the molecule is CCCOP(=S)([S-])OCCC.[K+]. The molecule has 0 atom stereocenters. The number of hydrogen-bond acceptors (Lipinski definition) is 4. The summed E-state index contributed by atoms with van der Waals surface area (Å²) < 4.78 is 10.4. The van der Waals surface area contributed by atoms with Gasteiger partial charge in [-0.2, -0.15) is 0 Å². The van der Waals surface area contributed by atoms with Crippen LogP contribution >= 0.6 is 5.69 Å². The largest absolute Gasteiger partial charge is 1.00 e. The first-order chi connectivity index (χ1) is 5.12. The minimum Gasteiger partial charge on any atom is -0.691 e. The molecule has 0 fully saturated rings. The zero-order chi connectivity index (χ0) is 8.74. The molecule has 0 aliphatic heterocycles.